The van der Waals surface area contributed by atoms with Crippen LogP contribution < -0.4 is 10.4 Å². The fraction of sp³-hybridized carbons (Fsp3) is 0.125. The lowest BCUT2D eigenvalue weighted by Crippen LogP contribution is -2.28. The minimum Gasteiger partial charge on any atom is -0.258 e. The maximum absolute atomic E-state index is 11.3. The zero-order chi connectivity index (χ0) is 15.3. The first-order chi connectivity index (χ1) is 9.47. The fourth-order valence-electron chi connectivity index (χ4n) is 1.95. The number of hydrogen-bond donors (Lipinski definition) is 0. The van der Waals surface area contributed by atoms with Gasteiger partial charge in [0.05, 0.1) is 10.5 Å². The van der Waals surface area contributed by atoms with Crippen molar-refractivity contribution < 1.29 is 4.92 Å². The predicted molar refractivity (Wildman–Crippen MR) is 88.8 cm³/mol. The molecular formula is C16H17NO2S. The van der Waals surface area contributed by atoms with E-state index in [1.165, 1.54) is 17.8 Å². The molecule has 0 aliphatic heterocycles. The molecule has 3 nitrogen and oxygen atoms in total. The summed E-state index contributed by atoms with van der Waals surface area (Å²) in [6.07, 6.45) is 7.07. The lowest BCUT2D eigenvalue weighted by atomic mass is 9.99. The van der Waals surface area contributed by atoms with Gasteiger partial charge in [-0.3, -0.25) is 10.1 Å². The number of nitro benzene ring substituents is 1. The Labute approximate surface area is 122 Å². The summed E-state index contributed by atoms with van der Waals surface area (Å²) in [5.74, 6) is 0. The highest BCUT2D eigenvalue weighted by atomic mass is 32.2. The molecule has 0 amide bonds. The van der Waals surface area contributed by atoms with Crippen molar-refractivity contribution >= 4 is 35.7 Å². The molecule has 1 aromatic carbocycles. The van der Waals surface area contributed by atoms with Crippen molar-refractivity contribution in [1.82, 2.24) is 0 Å². The second-order valence-corrected chi connectivity index (χ2v) is 4.92. The van der Waals surface area contributed by atoms with Crippen molar-refractivity contribution in [3.63, 3.8) is 0 Å². The van der Waals surface area contributed by atoms with Crippen LogP contribution in [0.3, 0.4) is 0 Å². The number of thioether (sulfide) groups is 1. The number of nitrogens with zero attached hydrogens (tertiary/aromatic N) is 1. The van der Waals surface area contributed by atoms with Crippen molar-refractivity contribution in [1.29, 1.82) is 0 Å². The Hall–Kier alpha value is -2.07. The van der Waals surface area contributed by atoms with Gasteiger partial charge >= 0.3 is 0 Å². The number of hydrogen-bond acceptors (Lipinski definition) is 3. The summed E-state index contributed by atoms with van der Waals surface area (Å²) < 4.78 is 0. The lowest BCUT2D eigenvalue weighted by molar-refractivity contribution is -0.385. The van der Waals surface area contributed by atoms with Crippen LogP contribution in [0.4, 0.5) is 5.69 Å². The van der Waals surface area contributed by atoms with E-state index in [1.807, 2.05) is 19.3 Å². The maximum Gasteiger partial charge on any atom is 0.277 e. The molecule has 0 aliphatic carbocycles. The molecule has 0 radical (unpaired) electrons. The Morgan fingerprint density at radius 1 is 1.45 bits per heavy atom. The topological polar surface area (TPSA) is 43.1 Å². The molecule has 0 unspecified atom stereocenters. The molecule has 0 saturated heterocycles. The van der Waals surface area contributed by atoms with Gasteiger partial charge < -0.3 is 0 Å². The van der Waals surface area contributed by atoms with Crippen LogP contribution in [0.25, 0.3) is 18.2 Å². The summed E-state index contributed by atoms with van der Waals surface area (Å²) in [7, 11) is 0. The number of nitro groups is 1. The summed E-state index contributed by atoms with van der Waals surface area (Å²) in [6.45, 7) is 13.4. The Morgan fingerprint density at radius 3 is 2.55 bits per heavy atom. The molecule has 1 aromatic rings. The van der Waals surface area contributed by atoms with E-state index in [2.05, 4.69) is 19.7 Å². The van der Waals surface area contributed by atoms with E-state index in [0.717, 1.165) is 15.7 Å². The third kappa shape index (κ3) is 3.08. The minimum absolute atomic E-state index is 0.0498. The highest BCUT2D eigenvalue weighted by Crippen LogP contribution is 2.31. The van der Waals surface area contributed by atoms with Gasteiger partial charge in [-0.15, -0.1) is 11.8 Å². The van der Waals surface area contributed by atoms with E-state index in [0.29, 0.717) is 10.8 Å². The molecule has 1 rings (SSSR count). The number of benzene rings is 1. The number of rotatable bonds is 5. The first-order valence-electron chi connectivity index (χ1n) is 5.97. The van der Waals surface area contributed by atoms with E-state index in [1.54, 1.807) is 18.2 Å². The van der Waals surface area contributed by atoms with Crippen LogP contribution in [0.15, 0.2) is 42.3 Å². The zero-order valence-electron chi connectivity index (χ0n) is 11.7. The molecule has 0 heterocycles. The van der Waals surface area contributed by atoms with Crippen LogP contribution in [0.1, 0.15) is 12.5 Å². The first kappa shape index (κ1) is 16.0. The Balaban J connectivity index is 3.90. The summed E-state index contributed by atoms with van der Waals surface area (Å²) in [5.41, 5.74) is 1.35. The molecule has 104 valence electrons. The third-order valence-electron chi connectivity index (χ3n) is 2.90. The quantitative estimate of drug-likeness (QED) is 0.474. The van der Waals surface area contributed by atoms with Crippen LogP contribution in [0.5, 0.6) is 0 Å². The van der Waals surface area contributed by atoms with Crippen LogP contribution in [-0.4, -0.2) is 11.2 Å². The lowest BCUT2D eigenvalue weighted by Gasteiger charge is -2.10. The first-order valence-corrected chi connectivity index (χ1v) is 7.19. The Kier molecular flexibility index (Phi) is 5.53. The largest absolute Gasteiger partial charge is 0.277 e. The van der Waals surface area contributed by atoms with Crippen LogP contribution >= 0.6 is 11.8 Å². The van der Waals surface area contributed by atoms with Gasteiger partial charge in [-0.25, -0.2) is 0 Å². The molecule has 0 aromatic heterocycles. The van der Waals surface area contributed by atoms with Gasteiger partial charge in [-0.1, -0.05) is 38.0 Å². The fourth-order valence-corrected chi connectivity index (χ4v) is 2.39. The van der Waals surface area contributed by atoms with Crippen molar-refractivity contribution in [2.45, 2.75) is 6.92 Å². The molecule has 0 saturated carbocycles. The molecule has 0 atom stereocenters. The average Bonchev–Trinajstić information content (AvgIpc) is 2.42. The van der Waals surface area contributed by atoms with E-state index >= 15 is 0 Å². The van der Waals surface area contributed by atoms with Gasteiger partial charge in [0.15, 0.2) is 0 Å². The van der Waals surface area contributed by atoms with Crippen LogP contribution in [-0.2, 0) is 0 Å². The van der Waals surface area contributed by atoms with Gasteiger partial charge in [0.1, 0.15) is 0 Å². The summed E-state index contributed by atoms with van der Waals surface area (Å²) in [4.78, 5) is 11.7. The van der Waals surface area contributed by atoms with Gasteiger partial charge in [0.2, 0.25) is 0 Å². The van der Waals surface area contributed by atoms with E-state index < -0.39 is 0 Å². The molecule has 0 fully saturated rings. The normalized spacial score (nSPS) is 12.3. The predicted octanol–water partition coefficient (Wildman–Crippen LogP) is 3.25. The molecule has 0 spiro atoms. The van der Waals surface area contributed by atoms with E-state index in [-0.39, 0.29) is 10.6 Å². The standard InChI is InChI=1S/C16H17NO2S/c1-6-8-14-11(3)9-10-15(17(18)19)16(14)13(7-2)12(4)20-5/h6-10H,1,3-4H2,2,5H3/b13-7+,14-8+. The molecule has 0 aliphatic rings. The van der Waals surface area contributed by atoms with Crippen molar-refractivity contribution in [2.75, 3.05) is 6.26 Å². The van der Waals surface area contributed by atoms with Crippen molar-refractivity contribution in [2.24, 2.45) is 0 Å². The summed E-state index contributed by atoms with van der Waals surface area (Å²) >= 11 is 1.46. The van der Waals surface area contributed by atoms with E-state index in [9.17, 15) is 10.1 Å². The minimum atomic E-state index is -0.383. The highest BCUT2D eigenvalue weighted by molar-refractivity contribution is 8.02. The van der Waals surface area contributed by atoms with Gasteiger partial charge in [-0.05, 0) is 35.3 Å². The molecule has 20 heavy (non-hydrogen) atoms. The summed E-state index contributed by atoms with van der Waals surface area (Å²) in [5, 5.41) is 12.7. The Morgan fingerprint density at radius 2 is 2.10 bits per heavy atom. The zero-order valence-corrected chi connectivity index (χ0v) is 12.5. The van der Waals surface area contributed by atoms with Crippen molar-refractivity contribution in [3.8, 4) is 0 Å². The molecule has 0 bridgehead atoms. The Bertz CT molecular complexity index is 702. The third-order valence-corrected chi connectivity index (χ3v) is 3.61. The van der Waals surface area contributed by atoms with E-state index in [4.69, 9.17) is 0 Å². The SMILES string of the molecule is C=C/C=c1/c(/C(=C/C)C(=C)SC)c([N+](=O)[O-])ccc1=C. The maximum atomic E-state index is 11.3. The molecular weight excluding hydrogens is 270 g/mol. The second-order valence-electron chi connectivity index (χ2n) is 4.02. The molecule has 4 heteroatoms. The van der Waals surface area contributed by atoms with Gasteiger partial charge in [0.25, 0.3) is 5.69 Å². The second kappa shape index (κ2) is 6.91. The molecule has 0 N–H and O–H groups in total. The van der Waals surface area contributed by atoms with Gasteiger partial charge in [-0.2, -0.15) is 0 Å². The van der Waals surface area contributed by atoms with Crippen LogP contribution in [0.2, 0.25) is 0 Å². The monoisotopic (exact) mass is 287 g/mol. The van der Waals surface area contributed by atoms with Crippen LogP contribution in [0, 0.1) is 10.1 Å². The van der Waals surface area contributed by atoms with Gasteiger partial charge in [0, 0.05) is 11.0 Å². The highest BCUT2D eigenvalue weighted by Gasteiger charge is 2.19. The van der Waals surface area contributed by atoms with Crippen molar-refractivity contribution in [3.05, 3.63) is 68.5 Å². The smallest absolute Gasteiger partial charge is 0.258 e. The summed E-state index contributed by atoms with van der Waals surface area (Å²) in [6, 6.07) is 3.13. The average molecular weight is 287 g/mol. The number of allylic oxidation sites excluding steroid dienone is 3.